The molecule has 0 spiro atoms. The Morgan fingerprint density at radius 3 is 3.00 bits per heavy atom. The summed E-state index contributed by atoms with van der Waals surface area (Å²) in [5.41, 5.74) is 7.24. The summed E-state index contributed by atoms with van der Waals surface area (Å²) in [6, 6.07) is 2.98. The minimum absolute atomic E-state index is 0.115. The fourth-order valence-corrected chi connectivity index (χ4v) is 1.71. The Balaban J connectivity index is 2.54. The Morgan fingerprint density at radius 1 is 1.50 bits per heavy atom. The van der Waals surface area contributed by atoms with Gasteiger partial charge in [-0.1, -0.05) is 0 Å². The number of phenolic OH excluding ortho intramolecular Hbond substituents is 1. The lowest BCUT2D eigenvalue weighted by atomic mass is 9.98. The molecule has 0 unspecified atom stereocenters. The van der Waals surface area contributed by atoms with E-state index in [2.05, 4.69) is 0 Å². The molecule has 0 bridgehead atoms. The molecule has 2 rings (SSSR count). The summed E-state index contributed by atoms with van der Waals surface area (Å²) in [5.74, 6) is 0.748. The molecule has 0 radical (unpaired) electrons. The van der Waals surface area contributed by atoms with Crippen molar-refractivity contribution < 1.29 is 14.9 Å². The largest absolute Gasteiger partial charge is 0.508 e. The number of aliphatic hydroxyl groups is 1. The molecule has 0 amide bonds. The van der Waals surface area contributed by atoms with Crippen LogP contribution in [0.15, 0.2) is 12.1 Å². The molecule has 1 heterocycles. The Morgan fingerprint density at radius 2 is 2.29 bits per heavy atom. The van der Waals surface area contributed by atoms with E-state index in [4.69, 9.17) is 15.6 Å². The van der Waals surface area contributed by atoms with Gasteiger partial charge in [-0.15, -0.1) is 0 Å². The number of hydrogen-bond donors (Lipinski definition) is 3. The van der Waals surface area contributed by atoms with E-state index in [0.717, 1.165) is 12.0 Å². The van der Waals surface area contributed by atoms with Crippen LogP contribution in [0.1, 0.15) is 23.6 Å². The SMILES string of the molecule is N[C@@H]1CCOc2c(CO)cc(O)cc21. The predicted octanol–water partition coefficient (Wildman–Crippen LogP) is 0.667. The molecule has 1 aliphatic heterocycles. The zero-order valence-corrected chi connectivity index (χ0v) is 7.73. The van der Waals surface area contributed by atoms with Gasteiger partial charge in [0.2, 0.25) is 0 Å². The number of aliphatic hydroxyl groups excluding tert-OH is 1. The quantitative estimate of drug-likeness (QED) is 0.615. The summed E-state index contributed by atoms with van der Waals surface area (Å²) in [6.07, 6.45) is 0.737. The summed E-state index contributed by atoms with van der Waals surface area (Å²) in [4.78, 5) is 0. The summed E-state index contributed by atoms with van der Waals surface area (Å²) < 4.78 is 5.42. The molecule has 0 fully saturated rings. The molecule has 1 aromatic carbocycles. The molecule has 14 heavy (non-hydrogen) atoms. The van der Waals surface area contributed by atoms with Crippen molar-refractivity contribution in [2.75, 3.05) is 6.61 Å². The van der Waals surface area contributed by atoms with Crippen molar-refractivity contribution in [3.05, 3.63) is 23.3 Å². The molecular formula is C10H13NO3. The number of phenols is 1. The molecule has 1 aliphatic rings. The third-order valence-corrected chi connectivity index (χ3v) is 2.42. The second-order valence-corrected chi connectivity index (χ2v) is 3.42. The number of rotatable bonds is 1. The summed E-state index contributed by atoms with van der Waals surface area (Å²) in [6.45, 7) is 0.412. The maximum Gasteiger partial charge on any atom is 0.129 e. The highest BCUT2D eigenvalue weighted by atomic mass is 16.5. The molecule has 4 N–H and O–H groups in total. The second kappa shape index (κ2) is 3.48. The van der Waals surface area contributed by atoms with Crippen molar-refractivity contribution in [1.29, 1.82) is 0 Å². The number of benzene rings is 1. The molecule has 0 aromatic heterocycles. The van der Waals surface area contributed by atoms with Gasteiger partial charge < -0.3 is 20.7 Å². The lowest BCUT2D eigenvalue weighted by molar-refractivity contribution is 0.241. The molecule has 0 saturated heterocycles. The Bertz CT molecular complexity index is 351. The van der Waals surface area contributed by atoms with Gasteiger partial charge in [-0.05, 0) is 12.1 Å². The van der Waals surface area contributed by atoms with Gasteiger partial charge in [0.05, 0.1) is 13.2 Å². The molecular weight excluding hydrogens is 182 g/mol. The number of fused-ring (bicyclic) bond motifs is 1. The Kier molecular flexibility index (Phi) is 2.31. The van der Waals surface area contributed by atoms with Gasteiger partial charge in [-0.3, -0.25) is 0 Å². The van der Waals surface area contributed by atoms with E-state index in [-0.39, 0.29) is 18.4 Å². The third-order valence-electron chi connectivity index (χ3n) is 2.42. The van der Waals surface area contributed by atoms with E-state index in [9.17, 15) is 5.11 Å². The highest BCUT2D eigenvalue weighted by Crippen LogP contribution is 2.36. The van der Waals surface area contributed by atoms with Crippen molar-refractivity contribution >= 4 is 0 Å². The molecule has 76 valence electrons. The fourth-order valence-electron chi connectivity index (χ4n) is 1.71. The van der Waals surface area contributed by atoms with E-state index in [1.807, 2.05) is 0 Å². The van der Waals surface area contributed by atoms with Gasteiger partial charge >= 0.3 is 0 Å². The minimum Gasteiger partial charge on any atom is -0.508 e. The van der Waals surface area contributed by atoms with Crippen LogP contribution in [0.2, 0.25) is 0 Å². The topological polar surface area (TPSA) is 75.7 Å². The van der Waals surface area contributed by atoms with E-state index in [1.54, 1.807) is 6.07 Å². The molecule has 4 nitrogen and oxygen atoms in total. The number of aromatic hydroxyl groups is 1. The zero-order chi connectivity index (χ0) is 10.1. The van der Waals surface area contributed by atoms with Crippen molar-refractivity contribution in [3.63, 3.8) is 0 Å². The van der Waals surface area contributed by atoms with Gasteiger partial charge in [-0.25, -0.2) is 0 Å². The van der Waals surface area contributed by atoms with Crippen LogP contribution in [0.5, 0.6) is 11.5 Å². The molecule has 0 saturated carbocycles. The van der Waals surface area contributed by atoms with Crippen LogP contribution in [0.4, 0.5) is 0 Å². The minimum atomic E-state index is -0.149. The number of ether oxygens (including phenoxy) is 1. The second-order valence-electron chi connectivity index (χ2n) is 3.42. The normalized spacial score (nSPS) is 20.0. The standard InChI is InChI=1S/C10H13NO3/c11-9-1-2-14-10-6(5-12)3-7(13)4-8(9)10/h3-4,9,12-13H,1-2,5,11H2/t9-/m1/s1. The Hall–Kier alpha value is -1.26. The smallest absolute Gasteiger partial charge is 0.129 e. The first-order chi connectivity index (χ1) is 6.72. The molecule has 1 atom stereocenters. The van der Waals surface area contributed by atoms with E-state index in [1.165, 1.54) is 6.07 Å². The summed E-state index contributed by atoms with van der Waals surface area (Å²) in [7, 11) is 0. The van der Waals surface area contributed by atoms with Crippen LogP contribution in [-0.4, -0.2) is 16.8 Å². The van der Waals surface area contributed by atoms with Gasteiger partial charge in [0.25, 0.3) is 0 Å². The maximum atomic E-state index is 9.40. The van der Waals surface area contributed by atoms with Gasteiger partial charge in [0.1, 0.15) is 11.5 Å². The van der Waals surface area contributed by atoms with Crippen molar-refractivity contribution in [3.8, 4) is 11.5 Å². The monoisotopic (exact) mass is 195 g/mol. The van der Waals surface area contributed by atoms with Crippen LogP contribution in [-0.2, 0) is 6.61 Å². The Labute approximate surface area is 81.9 Å². The highest BCUT2D eigenvalue weighted by Gasteiger charge is 2.21. The first-order valence-corrected chi connectivity index (χ1v) is 4.57. The predicted molar refractivity (Wildman–Crippen MR) is 51.1 cm³/mol. The lowest BCUT2D eigenvalue weighted by Crippen LogP contribution is -2.21. The maximum absolute atomic E-state index is 9.40. The number of nitrogens with two attached hydrogens (primary N) is 1. The lowest BCUT2D eigenvalue weighted by Gasteiger charge is -2.24. The average Bonchev–Trinajstić information content (AvgIpc) is 2.18. The van der Waals surface area contributed by atoms with Crippen LogP contribution < -0.4 is 10.5 Å². The van der Waals surface area contributed by atoms with Crippen molar-refractivity contribution in [2.45, 2.75) is 19.1 Å². The fraction of sp³-hybridized carbons (Fsp3) is 0.400. The summed E-state index contributed by atoms with van der Waals surface area (Å²) >= 11 is 0. The van der Waals surface area contributed by atoms with E-state index < -0.39 is 0 Å². The van der Waals surface area contributed by atoms with E-state index >= 15 is 0 Å². The van der Waals surface area contributed by atoms with Crippen molar-refractivity contribution in [1.82, 2.24) is 0 Å². The van der Waals surface area contributed by atoms with Crippen LogP contribution in [0, 0.1) is 0 Å². The van der Waals surface area contributed by atoms with Gasteiger partial charge in [-0.2, -0.15) is 0 Å². The number of hydrogen-bond acceptors (Lipinski definition) is 4. The molecule has 1 aromatic rings. The molecule has 4 heteroatoms. The van der Waals surface area contributed by atoms with Crippen LogP contribution in [0.25, 0.3) is 0 Å². The van der Waals surface area contributed by atoms with Crippen LogP contribution in [0.3, 0.4) is 0 Å². The first-order valence-electron chi connectivity index (χ1n) is 4.57. The molecule has 0 aliphatic carbocycles. The third kappa shape index (κ3) is 1.42. The van der Waals surface area contributed by atoms with Crippen LogP contribution >= 0.6 is 0 Å². The highest BCUT2D eigenvalue weighted by molar-refractivity contribution is 5.48. The first kappa shape index (κ1) is 9.30. The van der Waals surface area contributed by atoms with Crippen molar-refractivity contribution in [2.24, 2.45) is 5.73 Å². The summed E-state index contributed by atoms with van der Waals surface area (Å²) in [5, 5.41) is 18.5. The zero-order valence-electron chi connectivity index (χ0n) is 7.73. The van der Waals surface area contributed by atoms with Gasteiger partial charge in [0, 0.05) is 23.6 Å². The van der Waals surface area contributed by atoms with E-state index in [0.29, 0.717) is 17.9 Å². The van der Waals surface area contributed by atoms with Gasteiger partial charge in [0.15, 0.2) is 0 Å². The average molecular weight is 195 g/mol.